The van der Waals surface area contributed by atoms with Crippen LogP contribution >= 0.6 is 0 Å². The van der Waals surface area contributed by atoms with Crippen molar-refractivity contribution in [1.82, 2.24) is 0 Å². The van der Waals surface area contributed by atoms with Crippen molar-refractivity contribution in [3.63, 3.8) is 0 Å². The van der Waals surface area contributed by atoms with Gasteiger partial charge in [0.2, 0.25) is 0 Å². The molecule has 1 saturated heterocycles. The van der Waals surface area contributed by atoms with Crippen LogP contribution in [0.15, 0.2) is 48.5 Å². The first-order chi connectivity index (χ1) is 12.1. The maximum absolute atomic E-state index is 12.4. The number of benzene rings is 2. The van der Waals surface area contributed by atoms with Gasteiger partial charge in [-0.2, -0.15) is 0 Å². The zero-order chi connectivity index (χ0) is 18.0. The molecule has 1 fully saturated rings. The first kappa shape index (κ1) is 16.9. The molecule has 2 aromatic carbocycles. The van der Waals surface area contributed by atoms with Crippen LogP contribution in [0.4, 0.5) is 11.4 Å². The smallest absolute Gasteiger partial charge is 0.269 e. The number of nitro benzene ring substituents is 1. The van der Waals surface area contributed by atoms with Gasteiger partial charge in [0.05, 0.1) is 17.6 Å². The van der Waals surface area contributed by atoms with Crippen LogP contribution in [-0.2, 0) is 9.53 Å². The summed E-state index contributed by atoms with van der Waals surface area (Å²) >= 11 is 0. The summed E-state index contributed by atoms with van der Waals surface area (Å²) in [5, 5.41) is 10.8. The minimum Gasteiger partial charge on any atom is -0.494 e. The first-order valence-electron chi connectivity index (χ1n) is 7.90. The molecule has 7 nitrogen and oxygen atoms in total. The fourth-order valence-corrected chi connectivity index (χ4v) is 2.97. The van der Waals surface area contributed by atoms with Gasteiger partial charge >= 0.3 is 0 Å². The van der Waals surface area contributed by atoms with Crippen LogP contribution in [0.25, 0.3) is 0 Å². The second-order valence-electron chi connectivity index (χ2n) is 5.58. The van der Waals surface area contributed by atoms with Crippen molar-refractivity contribution in [2.75, 3.05) is 18.6 Å². The number of ether oxygens (including phenoxy) is 2. The predicted molar refractivity (Wildman–Crippen MR) is 91.7 cm³/mol. The lowest BCUT2D eigenvalue weighted by atomic mass is 9.89. The number of amides is 1. The average Bonchev–Trinajstić information content (AvgIpc) is 2.62. The summed E-state index contributed by atoms with van der Waals surface area (Å²) in [6.45, 7) is 2.47. The molecule has 1 heterocycles. The van der Waals surface area contributed by atoms with E-state index in [0.717, 1.165) is 17.0 Å². The topological polar surface area (TPSA) is 81.9 Å². The molecule has 2 aromatic rings. The fourth-order valence-electron chi connectivity index (χ4n) is 2.97. The molecular weight excluding hydrogens is 324 g/mol. The van der Waals surface area contributed by atoms with Gasteiger partial charge in [0.25, 0.3) is 11.6 Å². The van der Waals surface area contributed by atoms with Crippen LogP contribution in [-0.4, -0.2) is 30.7 Å². The monoisotopic (exact) mass is 342 g/mol. The number of anilines is 1. The van der Waals surface area contributed by atoms with Crippen molar-refractivity contribution in [3.8, 4) is 5.75 Å². The lowest BCUT2D eigenvalue weighted by Crippen LogP contribution is -2.59. The molecule has 2 atom stereocenters. The van der Waals surface area contributed by atoms with Gasteiger partial charge in [-0.25, -0.2) is 0 Å². The van der Waals surface area contributed by atoms with E-state index in [4.69, 9.17) is 9.47 Å². The number of nitrogens with zero attached hydrogens (tertiary/aromatic N) is 2. The minimum atomic E-state index is -0.604. The van der Waals surface area contributed by atoms with Gasteiger partial charge in [0.1, 0.15) is 5.75 Å². The lowest BCUT2D eigenvalue weighted by molar-refractivity contribution is -0.384. The molecule has 25 heavy (non-hydrogen) atoms. The summed E-state index contributed by atoms with van der Waals surface area (Å²) in [6.07, 6.45) is -0.604. The molecule has 0 unspecified atom stereocenters. The van der Waals surface area contributed by atoms with E-state index in [-0.39, 0.29) is 17.6 Å². The Morgan fingerprint density at radius 2 is 1.76 bits per heavy atom. The predicted octanol–water partition coefficient (Wildman–Crippen LogP) is 3.10. The highest BCUT2D eigenvalue weighted by atomic mass is 16.6. The molecule has 0 aliphatic carbocycles. The third-order valence-corrected chi connectivity index (χ3v) is 4.17. The Balaban J connectivity index is 1.89. The molecule has 1 aliphatic heterocycles. The zero-order valence-electron chi connectivity index (χ0n) is 13.9. The van der Waals surface area contributed by atoms with Crippen molar-refractivity contribution >= 4 is 17.3 Å². The maximum Gasteiger partial charge on any atom is 0.269 e. The maximum atomic E-state index is 12.4. The third kappa shape index (κ3) is 3.06. The van der Waals surface area contributed by atoms with Crippen molar-refractivity contribution in [1.29, 1.82) is 0 Å². The van der Waals surface area contributed by atoms with E-state index in [9.17, 15) is 14.9 Å². The quantitative estimate of drug-likeness (QED) is 0.458. The highest BCUT2D eigenvalue weighted by Gasteiger charge is 2.49. The second-order valence-corrected chi connectivity index (χ2v) is 5.58. The number of nitro groups is 1. The van der Waals surface area contributed by atoms with Crippen molar-refractivity contribution in [2.24, 2.45) is 0 Å². The molecule has 130 valence electrons. The van der Waals surface area contributed by atoms with E-state index in [0.29, 0.717) is 6.61 Å². The van der Waals surface area contributed by atoms with Crippen LogP contribution in [0.3, 0.4) is 0 Å². The van der Waals surface area contributed by atoms with Gasteiger partial charge in [-0.05, 0) is 36.8 Å². The van der Waals surface area contributed by atoms with Gasteiger partial charge in [-0.15, -0.1) is 0 Å². The normalized spacial score (nSPS) is 19.4. The molecule has 0 radical (unpaired) electrons. The van der Waals surface area contributed by atoms with E-state index in [1.807, 2.05) is 19.1 Å². The first-order valence-corrected chi connectivity index (χ1v) is 7.90. The van der Waals surface area contributed by atoms with Gasteiger partial charge in [-0.1, -0.05) is 12.1 Å². The van der Waals surface area contributed by atoms with Gasteiger partial charge in [-0.3, -0.25) is 19.8 Å². The fraction of sp³-hybridized carbons (Fsp3) is 0.278. The van der Waals surface area contributed by atoms with Crippen LogP contribution in [0.5, 0.6) is 5.75 Å². The van der Waals surface area contributed by atoms with E-state index >= 15 is 0 Å². The number of hydrogen-bond donors (Lipinski definition) is 0. The highest BCUT2D eigenvalue weighted by Crippen LogP contribution is 2.41. The molecule has 1 aliphatic rings. The van der Waals surface area contributed by atoms with E-state index in [1.54, 1.807) is 29.2 Å². The largest absolute Gasteiger partial charge is 0.494 e. The van der Waals surface area contributed by atoms with Crippen molar-refractivity contribution in [3.05, 3.63) is 64.2 Å². The summed E-state index contributed by atoms with van der Waals surface area (Å²) in [5.74, 6) is 0.587. The molecule has 0 bridgehead atoms. The summed E-state index contributed by atoms with van der Waals surface area (Å²) in [4.78, 5) is 24.4. The number of rotatable bonds is 6. The summed E-state index contributed by atoms with van der Waals surface area (Å²) in [6, 6.07) is 13.1. The molecule has 0 spiro atoms. The highest BCUT2D eigenvalue weighted by molar-refractivity contribution is 6.05. The summed E-state index contributed by atoms with van der Waals surface area (Å²) < 4.78 is 10.7. The molecule has 3 rings (SSSR count). The Hall–Kier alpha value is -2.93. The molecule has 0 saturated carbocycles. The molecule has 1 amide bonds. The summed E-state index contributed by atoms with van der Waals surface area (Å²) in [7, 11) is 1.48. The molecule has 7 heteroatoms. The number of methoxy groups -OCH3 is 1. The zero-order valence-corrected chi connectivity index (χ0v) is 13.9. The van der Waals surface area contributed by atoms with Crippen molar-refractivity contribution < 1.29 is 19.2 Å². The Labute approximate surface area is 144 Å². The third-order valence-electron chi connectivity index (χ3n) is 4.17. The van der Waals surface area contributed by atoms with Gasteiger partial charge < -0.3 is 9.47 Å². The van der Waals surface area contributed by atoms with E-state index in [2.05, 4.69) is 0 Å². The van der Waals surface area contributed by atoms with Gasteiger partial charge in [0, 0.05) is 24.9 Å². The number of carbonyl (C=O) groups is 1. The average molecular weight is 342 g/mol. The SMILES string of the molecule is CCOc1ccc(N2C(=O)[C@@H](OC)[C@H]2c2ccc([N+](=O)[O-])cc2)cc1. The van der Waals surface area contributed by atoms with E-state index in [1.165, 1.54) is 19.2 Å². The number of hydrogen-bond acceptors (Lipinski definition) is 5. The Morgan fingerprint density at radius 1 is 1.12 bits per heavy atom. The van der Waals surface area contributed by atoms with Crippen LogP contribution in [0, 0.1) is 10.1 Å². The lowest BCUT2D eigenvalue weighted by Gasteiger charge is -2.46. The number of β-lactam (4-membered cyclic amide) rings is 1. The Bertz CT molecular complexity index is 773. The minimum absolute atomic E-state index is 0.0102. The molecule has 0 aromatic heterocycles. The van der Waals surface area contributed by atoms with E-state index < -0.39 is 11.0 Å². The summed E-state index contributed by atoms with van der Waals surface area (Å²) in [5.41, 5.74) is 1.52. The number of non-ortho nitro benzene ring substituents is 1. The van der Waals surface area contributed by atoms with Crippen LogP contribution < -0.4 is 9.64 Å². The second kappa shape index (κ2) is 6.90. The van der Waals surface area contributed by atoms with Crippen LogP contribution in [0.2, 0.25) is 0 Å². The Kier molecular flexibility index (Phi) is 4.67. The van der Waals surface area contributed by atoms with Gasteiger partial charge in [0.15, 0.2) is 6.10 Å². The number of carbonyl (C=O) groups excluding carboxylic acids is 1. The van der Waals surface area contributed by atoms with Crippen molar-refractivity contribution in [2.45, 2.75) is 19.1 Å². The Morgan fingerprint density at radius 3 is 2.28 bits per heavy atom. The molecular formula is C18H18N2O5. The van der Waals surface area contributed by atoms with Crippen LogP contribution in [0.1, 0.15) is 18.5 Å². The molecule has 0 N–H and O–H groups in total. The standard InChI is InChI=1S/C18H18N2O5/c1-3-25-15-10-8-13(9-11-15)19-16(17(24-2)18(19)21)12-4-6-14(7-5-12)20(22)23/h4-11,16-17H,3H2,1-2H3/t16-,17+/m1/s1.